The van der Waals surface area contributed by atoms with Crippen molar-refractivity contribution in [1.29, 1.82) is 0 Å². The zero-order valence-corrected chi connectivity index (χ0v) is 19.4. The van der Waals surface area contributed by atoms with E-state index in [2.05, 4.69) is 4.72 Å². The van der Waals surface area contributed by atoms with E-state index in [1.807, 2.05) is 31.2 Å². The first-order valence-electron chi connectivity index (χ1n) is 10.7. The molecule has 0 radical (unpaired) electrons. The standard InChI is InChI=1S/C25H23FN2O5S/c1-16-14-18-6-3-4-9-23(18)28(16)24(29)17(2)33-25(30)19-7-5-8-22(15-19)34(31,32)27-21-12-10-20(26)11-13-21/h3-13,15-17,27H,14H2,1-2H3/t16-,17-/m0/s1. The predicted molar refractivity (Wildman–Crippen MR) is 126 cm³/mol. The summed E-state index contributed by atoms with van der Waals surface area (Å²) < 4.78 is 46.2. The van der Waals surface area contributed by atoms with Gasteiger partial charge in [-0.15, -0.1) is 0 Å². The Morgan fingerprint density at radius 1 is 1.06 bits per heavy atom. The van der Waals surface area contributed by atoms with Crippen molar-refractivity contribution in [2.75, 3.05) is 9.62 Å². The Kier molecular flexibility index (Phi) is 6.39. The van der Waals surface area contributed by atoms with E-state index < -0.39 is 27.9 Å². The van der Waals surface area contributed by atoms with Gasteiger partial charge in [0.05, 0.1) is 10.5 Å². The second kappa shape index (κ2) is 9.26. The molecule has 0 saturated carbocycles. The number of fused-ring (bicyclic) bond motifs is 1. The predicted octanol–water partition coefficient (Wildman–Crippen LogP) is 4.15. The summed E-state index contributed by atoms with van der Waals surface area (Å²) in [6, 6.07) is 17.6. The van der Waals surface area contributed by atoms with Crippen molar-refractivity contribution in [2.24, 2.45) is 0 Å². The monoisotopic (exact) mass is 482 g/mol. The molecular weight excluding hydrogens is 459 g/mol. The third-order valence-electron chi connectivity index (χ3n) is 5.55. The number of hydrogen-bond donors (Lipinski definition) is 1. The first kappa shape index (κ1) is 23.4. The van der Waals surface area contributed by atoms with Gasteiger partial charge >= 0.3 is 5.97 Å². The molecule has 9 heteroatoms. The molecule has 1 aliphatic heterocycles. The molecule has 176 valence electrons. The first-order valence-corrected chi connectivity index (χ1v) is 12.1. The Hall–Kier alpha value is -3.72. The van der Waals surface area contributed by atoms with Crippen LogP contribution in [0.4, 0.5) is 15.8 Å². The van der Waals surface area contributed by atoms with Crippen molar-refractivity contribution < 1.29 is 27.1 Å². The second-order valence-corrected chi connectivity index (χ2v) is 9.76. The molecule has 7 nitrogen and oxygen atoms in total. The third kappa shape index (κ3) is 4.79. The fraction of sp³-hybridized carbons (Fsp3) is 0.200. The van der Waals surface area contributed by atoms with Crippen LogP contribution < -0.4 is 9.62 Å². The number of esters is 1. The third-order valence-corrected chi connectivity index (χ3v) is 6.93. The van der Waals surface area contributed by atoms with Gasteiger partial charge in [-0.1, -0.05) is 24.3 Å². The number of para-hydroxylation sites is 1. The van der Waals surface area contributed by atoms with E-state index in [-0.39, 0.29) is 28.1 Å². The van der Waals surface area contributed by atoms with E-state index in [9.17, 15) is 22.4 Å². The first-order chi connectivity index (χ1) is 16.2. The molecule has 0 aromatic heterocycles. The van der Waals surface area contributed by atoms with E-state index in [1.54, 1.807) is 4.90 Å². The van der Waals surface area contributed by atoms with Crippen molar-refractivity contribution in [3.05, 3.63) is 89.7 Å². The van der Waals surface area contributed by atoms with Crippen LogP contribution in [0.2, 0.25) is 0 Å². The van der Waals surface area contributed by atoms with Crippen LogP contribution in [0.15, 0.2) is 77.7 Å². The number of carbonyl (C=O) groups excluding carboxylic acids is 2. The number of nitrogens with one attached hydrogen (secondary N) is 1. The van der Waals surface area contributed by atoms with Crippen LogP contribution in [-0.2, 0) is 26.0 Å². The minimum atomic E-state index is -4.04. The summed E-state index contributed by atoms with van der Waals surface area (Å²) in [5, 5.41) is 0. The van der Waals surface area contributed by atoms with Gasteiger partial charge in [0.1, 0.15) is 5.82 Å². The van der Waals surface area contributed by atoms with Crippen LogP contribution in [-0.4, -0.2) is 32.4 Å². The lowest BCUT2D eigenvalue weighted by molar-refractivity contribution is -0.126. The average molecular weight is 483 g/mol. The molecule has 0 fully saturated rings. The molecule has 2 atom stereocenters. The Morgan fingerprint density at radius 3 is 2.50 bits per heavy atom. The molecule has 0 spiro atoms. The molecule has 0 saturated heterocycles. The van der Waals surface area contributed by atoms with Crippen molar-refractivity contribution in [2.45, 2.75) is 37.3 Å². The normalized spacial score (nSPS) is 16.0. The summed E-state index contributed by atoms with van der Waals surface area (Å²) in [6.07, 6.45) is -0.359. The summed E-state index contributed by atoms with van der Waals surface area (Å²) in [4.78, 5) is 27.2. The van der Waals surface area contributed by atoms with E-state index in [1.165, 1.54) is 43.3 Å². The largest absolute Gasteiger partial charge is 0.449 e. The SMILES string of the molecule is C[C@H](OC(=O)c1cccc(S(=O)(=O)Nc2ccc(F)cc2)c1)C(=O)N1c2ccccc2C[C@@H]1C. The number of amides is 1. The van der Waals surface area contributed by atoms with E-state index in [0.717, 1.165) is 23.4 Å². The number of ether oxygens (including phenoxy) is 1. The number of carbonyl (C=O) groups is 2. The molecule has 3 aromatic carbocycles. The van der Waals surface area contributed by atoms with Gasteiger partial charge in [-0.05, 0) is 74.4 Å². The maximum absolute atomic E-state index is 13.1. The Morgan fingerprint density at radius 2 is 1.76 bits per heavy atom. The number of benzene rings is 3. The summed E-state index contributed by atoms with van der Waals surface area (Å²) >= 11 is 0. The number of halogens is 1. The highest BCUT2D eigenvalue weighted by atomic mass is 32.2. The van der Waals surface area contributed by atoms with Crippen LogP contribution in [0.3, 0.4) is 0 Å². The minimum Gasteiger partial charge on any atom is -0.449 e. The molecular formula is C25H23FN2O5S. The second-order valence-electron chi connectivity index (χ2n) is 8.08. The van der Waals surface area contributed by atoms with Gasteiger partial charge < -0.3 is 9.64 Å². The highest BCUT2D eigenvalue weighted by Crippen LogP contribution is 2.32. The lowest BCUT2D eigenvalue weighted by Gasteiger charge is -2.26. The topological polar surface area (TPSA) is 92.8 Å². The van der Waals surface area contributed by atoms with Crippen LogP contribution in [0.5, 0.6) is 0 Å². The number of anilines is 2. The lowest BCUT2D eigenvalue weighted by atomic mass is 10.1. The van der Waals surface area contributed by atoms with Gasteiger partial charge in [-0.3, -0.25) is 9.52 Å². The Labute approximate surface area is 197 Å². The van der Waals surface area contributed by atoms with E-state index in [4.69, 9.17) is 4.74 Å². The van der Waals surface area contributed by atoms with Gasteiger partial charge in [0.15, 0.2) is 6.10 Å². The highest BCUT2D eigenvalue weighted by molar-refractivity contribution is 7.92. The molecule has 4 rings (SSSR count). The van der Waals surface area contributed by atoms with Crippen molar-refractivity contribution >= 4 is 33.3 Å². The maximum atomic E-state index is 13.1. The zero-order chi connectivity index (χ0) is 24.5. The number of sulfonamides is 1. The molecule has 34 heavy (non-hydrogen) atoms. The molecule has 0 bridgehead atoms. The molecule has 1 aliphatic rings. The van der Waals surface area contributed by atoms with Crippen molar-refractivity contribution in [1.82, 2.24) is 0 Å². The smallest absolute Gasteiger partial charge is 0.338 e. The average Bonchev–Trinajstić information content (AvgIpc) is 3.15. The lowest BCUT2D eigenvalue weighted by Crippen LogP contribution is -2.43. The summed E-state index contributed by atoms with van der Waals surface area (Å²) in [5.41, 5.74) is 2.00. The zero-order valence-electron chi connectivity index (χ0n) is 18.6. The fourth-order valence-electron chi connectivity index (χ4n) is 3.90. The summed E-state index contributed by atoms with van der Waals surface area (Å²) in [5.74, 6) is -1.67. The van der Waals surface area contributed by atoms with Gasteiger partial charge in [-0.25, -0.2) is 17.6 Å². The number of nitrogens with zero attached hydrogens (tertiary/aromatic N) is 1. The number of rotatable bonds is 6. The molecule has 1 heterocycles. The molecule has 1 N–H and O–H groups in total. The molecule has 1 amide bonds. The van der Waals surface area contributed by atoms with Gasteiger partial charge in [0, 0.05) is 17.4 Å². The van der Waals surface area contributed by atoms with Crippen LogP contribution in [0.25, 0.3) is 0 Å². The van der Waals surface area contributed by atoms with E-state index >= 15 is 0 Å². The van der Waals surface area contributed by atoms with Crippen molar-refractivity contribution in [3.8, 4) is 0 Å². The Balaban J connectivity index is 1.48. The number of hydrogen-bond acceptors (Lipinski definition) is 5. The summed E-state index contributed by atoms with van der Waals surface area (Å²) in [7, 11) is -4.04. The molecule has 0 unspecified atom stereocenters. The van der Waals surface area contributed by atoms with Crippen LogP contribution in [0, 0.1) is 5.82 Å². The quantitative estimate of drug-likeness (QED) is 0.533. The highest BCUT2D eigenvalue weighted by Gasteiger charge is 2.34. The Bertz CT molecular complexity index is 1340. The van der Waals surface area contributed by atoms with Crippen LogP contribution >= 0.6 is 0 Å². The minimum absolute atomic E-state index is 0.0171. The molecule has 0 aliphatic carbocycles. The van der Waals surface area contributed by atoms with Crippen molar-refractivity contribution in [3.63, 3.8) is 0 Å². The maximum Gasteiger partial charge on any atom is 0.338 e. The van der Waals surface area contributed by atoms with Gasteiger partial charge in [0.25, 0.3) is 15.9 Å². The van der Waals surface area contributed by atoms with E-state index in [0.29, 0.717) is 6.42 Å². The van der Waals surface area contributed by atoms with Gasteiger partial charge in [0.2, 0.25) is 0 Å². The fourth-order valence-corrected chi connectivity index (χ4v) is 5.00. The summed E-state index contributed by atoms with van der Waals surface area (Å²) in [6.45, 7) is 3.42. The van der Waals surface area contributed by atoms with Gasteiger partial charge in [-0.2, -0.15) is 0 Å². The van der Waals surface area contributed by atoms with Crippen LogP contribution in [0.1, 0.15) is 29.8 Å². The molecule has 3 aromatic rings.